The predicted molar refractivity (Wildman–Crippen MR) is 55.1 cm³/mol. The molecule has 3 nitrogen and oxygen atoms in total. The number of hydrogen-bond acceptors (Lipinski definition) is 3. The van der Waals surface area contributed by atoms with Crippen LogP contribution in [0.1, 0.15) is 37.8 Å². The van der Waals surface area contributed by atoms with Crippen LogP contribution >= 0.6 is 0 Å². The number of nitrogen functional groups attached to an aromatic ring is 1. The van der Waals surface area contributed by atoms with Gasteiger partial charge in [-0.3, -0.25) is 0 Å². The minimum Gasteiger partial charge on any atom is -0.384 e. The quantitative estimate of drug-likeness (QED) is 0.741. The SMILES string of the molecule is CCCCC(N)c1ccnc(N)c1. The summed E-state index contributed by atoms with van der Waals surface area (Å²) < 4.78 is 0. The molecular weight excluding hydrogens is 162 g/mol. The second-order valence-electron chi connectivity index (χ2n) is 3.26. The summed E-state index contributed by atoms with van der Waals surface area (Å²) in [6, 6.07) is 3.88. The van der Waals surface area contributed by atoms with Crippen LogP contribution in [0.15, 0.2) is 18.3 Å². The van der Waals surface area contributed by atoms with Crippen molar-refractivity contribution < 1.29 is 0 Å². The number of rotatable bonds is 4. The van der Waals surface area contributed by atoms with Crippen LogP contribution in [0.25, 0.3) is 0 Å². The first kappa shape index (κ1) is 9.99. The second kappa shape index (κ2) is 4.82. The third kappa shape index (κ3) is 3.03. The molecule has 1 atom stereocenters. The number of anilines is 1. The molecule has 0 radical (unpaired) electrons. The molecule has 1 aromatic rings. The van der Waals surface area contributed by atoms with Gasteiger partial charge in [-0.2, -0.15) is 0 Å². The van der Waals surface area contributed by atoms with Crippen molar-refractivity contribution in [3.63, 3.8) is 0 Å². The van der Waals surface area contributed by atoms with Crippen molar-refractivity contribution in [3.05, 3.63) is 23.9 Å². The molecule has 1 heterocycles. The molecule has 0 aliphatic carbocycles. The van der Waals surface area contributed by atoms with E-state index in [1.54, 1.807) is 6.20 Å². The maximum Gasteiger partial charge on any atom is 0.123 e. The van der Waals surface area contributed by atoms with E-state index in [2.05, 4.69) is 11.9 Å². The molecular formula is C10H17N3. The van der Waals surface area contributed by atoms with E-state index in [1.165, 1.54) is 6.42 Å². The van der Waals surface area contributed by atoms with Gasteiger partial charge >= 0.3 is 0 Å². The first-order chi connectivity index (χ1) is 6.24. The van der Waals surface area contributed by atoms with E-state index in [0.717, 1.165) is 18.4 Å². The smallest absolute Gasteiger partial charge is 0.123 e. The van der Waals surface area contributed by atoms with Gasteiger partial charge in [-0.25, -0.2) is 4.98 Å². The Morgan fingerprint density at radius 1 is 1.54 bits per heavy atom. The standard InChI is InChI=1S/C10H17N3/c1-2-3-4-9(11)8-5-6-13-10(12)7-8/h5-7,9H,2-4,11H2,1H3,(H2,12,13). The third-order valence-electron chi connectivity index (χ3n) is 2.10. The fraction of sp³-hybridized carbons (Fsp3) is 0.500. The number of unbranched alkanes of at least 4 members (excludes halogenated alkanes) is 1. The zero-order valence-electron chi connectivity index (χ0n) is 8.03. The normalized spacial score (nSPS) is 12.8. The van der Waals surface area contributed by atoms with Crippen molar-refractivity contribution in [1.82, 2.24) is 4.98 Å². The van der Waals surface area contributed by atoms with E-state index < -0.39 is 0 Å². The molecule has 72 valence electrons. The average Bonchev–Trinajstić information content (AvgIpc) is 2.14. The number of nitrogens with two attached hydrogens (primary N) is 2. The van der Waals surface area contributed by atoms with Gasteiger partial charge in [0.2, 0.25) is 0 Å². The molecule has 13 heavy (non-hydrogen) atoms. The minimum absolute atomic E-state index is 0.102. The second-order valence-corrected chi connectivity index (χ2v) is 3.26. The van der Waals surface area contributed by atoms with Gasteiger partial charge in [0.1, 0.15) is 5.82 Å². The monoisotopic (exact) mass is 179 g/mol. The Hall–Kier alpha value is -1.09. The molecule has 0 aliphatic rings. The summed E-state index contributed by atoms with van der Waals surface area (Å²) in [6.45, 7) is 2.16. The molecule has 3 heteroatoms. The summed E-state index contributed by atoms with van der Waals surface area (Å²) in [5.41, 5.74) is 12.6. The Labute approximate surface area is 79.2 Å². The summed E-state index contributed by atoms with van der Waals surface area (Å²) >= 11 is 0. The highest BCUT2D eigenvalue weighted by Gasteiger charge is 2.04. The van der Waals surface area contributed by atoms with Gasteiger partial charge in [0.05, 0.1) is 0 Å². The Kier molecular flexibility index (Phi) is 3.71. The van der Waals surface area contributed by atoms with Crippen LogP contribution in [0.2, 0.25) is 0 Å². The molecule has 0 spiro atoms. The Bertz CT molecular complexity index is 260. The molecule has 0 aliphatic heterocycles. The van der Waals surface area contributed by atoms with Crippen LogP contribution in [0.4, 0.5) is 5.82 Å². The van der Waals surface area contributed by atoms with Gasteiger partial charge in [-0.1, -0.05) is 19.8 Å². The van der Waals surface area contributed by atoms with E-state index >= 15 is 0 Å². The molecule has 0 aromatic carbocycles. The zero-order valence-corrected chi connectivity index (χ0v) is 8.03. The molecule has 1 aromatic heterocycles. The van der Waals surface area contributed by atoms with Crippen LogP contribution in [-0.2, 0) is 0 Å². The summed E-state index contributed by atoms with van der Waals surface area (Å²) in [4.78, 5) is 3.92. The van der Waals surface area contributed by atoms with Crippen LogP contribution in [0, 0.1) is 0 Å². The lowest BCUT2D eigenvalue weighted by Gasteiger charge is -2.10. The van der Waals surface area contributed by atoms with Gasteiger partial charge in [-0.15, -0.1) is 0 Å². The maximum atomic E-state index is 5.97. The molecule has 1 unspecified atom stereocenters. The van der Waals surface area contributed by atoms with Gasteiger partial charge in [-0.05, 0) is 24.1 Å². The number of nitrogens with zero attached hydrogens (tertiary/aromatic N) is 1. The lowest BCUT2D eigenvalue weighted by molar-refractivity contribution is 0.603. The number of pyridine rings is 1. The van der Waals surface area contributed by atoms with Crippen molar-refractivity contribution >= 4 is 5.82 Å². The van der Waals surface area contributed by atoms with Crippen LogP contribution in [0.5, 0.6) is 0 Å². The Morgan fingerprint density at radius 3 is 2.92 bits per heavy atom. The first-order valence-corrected chi connectivity index (χ1v) is 4.71. The van der Waals surface area contributed by atoms with Crippen LogP contribution in [-0.4, -0.2) is 4.98 Å². The first-order valence-electron chi connectivity index (χ1n) is 4.71. The van der Waals surface area contributed by atoms with E-state index in [0.29, 0.717) is 5.82 Å². The molecule has 0 fully saturated rings. The average molecular weight is 179 g/mol. The lowest BCUT2D eigenvalue weighted by atomic mass is 10.0. The van der Waals surface area contributed by atoms with E-state index in [-0.39, 0.29) is 6.04 Å². The third-order valence-corrected chi connectivity index (χ3v) is 2.10. The van der Waals surface area contributed by atoms with E-state index in [4.69, 9.17) is 11.5 Å². The predicted octanol–water partition coefficient (Wildman–Crippen LogP) is 1.85. The van der Waals surface area contributed by atoms with Gasteiger partial charge in [0, 0.05) is 12.2 Å². The zero-order chi connectivity index (χ0) is 9.68. The molecule has 1 rings (SSSR count). The highest BCUT2D eigenvalue weighted by atomic mass is 14.8. The fourth-order valence-electron chi connectivity index (χ4n) is 1.29. The minimum atomic E-state index is 0.102. The van der Waals surface area contributed by atoms with Crippen LogP contribution < -0.4 is 11.5 Å². The van der Waals surface area contributed by atoms with Gasteiger partial charge in [0.25, 0.3) is 0 Å². The highest BCUT2D eigenvalue weighted by molar-refractivity contribution is 5.33. The van der Waals surface area contributed by atoms with Gasteiger partial charge in [0.15, 0.2) is 0 Å². The molecule has 0 saturated carbocycles. The Balaban J connectivity index is 2.60. The number of hydrogen-bond donors (Lipinski definition) is 2. The fourth-order valence-corrected chi connectivity index (χ4v) is 1.29. The summed E-state index contributed by atoms with van der Waals surface area (Å²) in [5, 5.41) is 0. The van der Waals surface area contributed by atoms with Crippen molar-refractivity contribution in [2.45, 2.75) is 32.2 Å². The number of aromatic nitrogens is 1. The maximum absolute atomic E-state index is 5.97. The Morgan fingerprint density at radius 2 is 2.31 bits per heavy atom. The van der Waals surface area contributed by atoms with E-state index in [9.17, 15) is 0 Å². The van der Waals surface area contributed by atoms with Crippen molar-refractivity contribution in [3.8, 4) is 0 Å². The lowest BCUT2D eigenvalue weighted by Crippen LogP contribution is -2.10. The van der Waals surface area contributed by atoms with Crippen molar-refractivity contribution in [1.29, 1.82) is 0 Å². The van der Waals surface area contributed by atoms with Crippen molar-refractivity contribution in [2.24, 2.45) is 5.73 Å². The topological polar surface area (TPSA) is 64.9 Å². The molecule has 0 amide bonds. The molecule has 0 saturated heterocycles. The largest absolute Gasteiger partial charge is 0.384 e. The summed E-state index contributed by atoms with van der Waals surface area (Å²) in [7, 11) is 0. The van der Waals surface area contributed by atoms with E-state index in [1.807, 2.05) is 12.1 Å². The summed E-state index contributed by atoms with van der Waals surface area (Å²) in [5.74, 6) is 0.546. The highest BCUT2D eigenvalue weighted by Crippen LogP contribution is 2.17. The summed E-state index contributed by atoms with van der Waals surface area (Å²) in [6.07, 6.45) is 5.05. The molecule has 4 N–H and O–H groups in total. The van der Waals surface area contributed by atoms with Crippen molar-refractivity contribution in [2.75, 3.05) is 5.73 Å². The molecule has 0 bridgehead atoms. The van der Waals surface area contributed by atoms with Crippen LogP contribution in [0.3, 0.4) is 0 Å². The van der Waals surface area contributed by atoms with Gasteiger partial charge < -0.3 is 11.5 Å².